The number of ether oxygens (including phenoxy) is 2. The lowest BCUT2D eigenvalue weighted by atomic mass is 9.94. The minimum atomic E-state index is -0.703. The van der Waals surface area contributed by atoms with Gasteiger partial charge in [-0.15, -0.1) is 0 Å². The molecule has 148 valence electrons. The van der Waals surface area contributed by atoms with Crippen LogP contribution in [0.25, 0.3) is 0 Å². The number of allylic oxidation sites excluding steroid dienone is 1. The maximum Gasteiger partial charge on any atom is 0.234 e. The second-order valence-electron chi connectivity index (χ2n) is 7.18. The molecule has 1 heterocycles. The monoisotopic (exact) mass is 374 g/mol. The molecule has 0 spiro atoms. The van der Waals surface area contributed by atoms with Gasteiger partial charge in [0, 0.05) is 0 Å². The smallest absolute Gasteiger partial charge is 0.234 e. The van der Waals surface area contributed by atoms with E-state index in [4.69, 9.17) is 15.2 Å². The van der Waals surface area contributed by atoms with Crippen molar-refractivity contribution >= 4 is 11.7 Å². The van der Waals surface area contributed by atoms with Gasteiger partial charge in [-0.05, 0) is 51.7 Å². The quantitative estimate of drug-likeness (QED) is 0.564. The lowest BCUT2D eigenvalue weighted by Gasteiger charge is -2.19. The SMILES string of the molecule is CC1(C(=O)C(CC2=CCCC2)NC(=O)CN)CO1.COc1ccc(C)cc1. The third kappa shape index (κ3) is 6.48. The lowest BCUT2D eigenvalue weighted by molar-refractivity contribution is -0.129. The molecule has 0 aromatic heterocycles. The van der Waals surface area contributed by atoms with E-state index in [0.717, 1.165) is 25.0 Å². The highest BCUT2D eigenvalue weighted by Crippen LogP contribution is 2.31. The van der Waals surface area contributed by atoms with Gasteiger partial charge in [0.05, 0.1) is 26.3 Å². The normalized spacial score (nSPS) is 21.4. The third-order valence-corrected chi connectivity index (χ3v) is 4.79. The zero-order valence-electron chi connectivity index (χ0n) is 16.4. The molecule has 27 heavy (non-hydrogen) atoms. The van der Waals surface area contributed by atoms with Gasteiger partial charge in [-0.2, -0.15) is 0 Å². The number of Topliss-reactive ketones (excluding diaryl/α,β-unsaturated/α-hetero) is 1. The summed E-state index contributed by atoms with van der Waals surface area (Å²) in [7, 11) is 1.67. The molecule has 1 aromatic carbocycles. The molecule has 2 aliphatic rings. The molecule has 1 aliphatic heterocycles. The molecule has 1 amide bonds. The number of epoxide rings is 1. The van der Waals surface area contributed by atoms with Gasteiger partial charge in [0.15, 0.2) is 5.78 Å². The average Bonchev–Trinajstić information content (AvgIpc) is 3.22. The van der Waals surface area contributed by atoms with E-state index in [1.54, 1.807) is 14.0 Å². The highest BCUT2D eigenvalue weighted by Gasteiger charge is 2.50. The zero-order valence-corrected chi connectivity index (χ0v) is 16.4. The van der Waals surface area contributed by atoms with Gasteiger partial charge in [0.2, 0.25) is 5.91 Å². The fourth-order valence-electron chi connectivity index (χ4n) is 2.94. The van der Waals surface area contributed by atoms with Crippen molar-refractivity contribution in [3.63, 3.8) is 0 Å². The molecule has 0 saturated carbocycles. The van der Waals surface area contributed by atoms with Crippen molar-refractivity contribution in [2.24, 2.45) is 5.73 Å². The first kappa shape index (κ1) is 21.1. The van der Waals surface area contributed by atoms with Gasteiger partial charge < -0.3 is 20.5 Å². The third-order valence-electron chi connectivity index (χ3n) is 4.79. The number of nitrogens with two attached hydrogens (primary N) is 1. The van der Waals surface area contributed by atoms with Crippen LogP contribution in [0.2, 0.25) is 0 Å². The number of carbonyl (C=O) groups is 2. The van der Waals surface area contributed by atoms with Crippen LogP contribution >= 0.6 is 0 Å². The van der Waals surface area contributed by atoms with Gasteiger partial charge in [0.1, 0.15) is 11.4 Å². The molecule has 3 rings (SSSR count). The number of rotatable bonds is 7. The van der Waals surface area contributed by atoms with Gasteiger partial charge in [-0.3, -0.25) is 9.59 Å². The van der Waals surface area contributed by atoms with Crippen LogP contribution in [0.4, 0.5) is 0 Å². The summed E-state index contributed by atoms with van der Waals surface area (Å²) in [6, 6.07) is 7.46. The molecule has 6 nitrogen and oxygen atoms in total. The first-order valence-corrected chi connectivity index (χ1v) is 9.34. The molecule has 6 heteroatoms. The number of benzene rings is 1. The number of aryl methyl sites for hydroxylation is 1. The molecule has 1 saturated heterocycles. The molecule has 0 radical (unpaired) electrons. The van der Waals surface area contributed by atoms with Gasteiger partial charge in [-0.25, -0.2) is 0 Å². The van der Waals surface area contributed by atoms with Crippen LogP contribution in [0.15, 0.2) is 35.9 Å². The first-order chi connectivity index (χ1) is 12.9. The first-order valence-electron chi connectivity index (χ1n) is 9.34. The summed E-state index contributed by atoms with van der Waals surface area (Å²) in [5.74, 6) is 0.578. The number of carbonyl (C=O) groups excluding carboxylic acids is 2. The Labute approximate surface area is 161 Å². The molecule has 2 unspecified atom stereocenters. The number of nitrogens with one attached hydrogen (secondary N) is 1. The average molecular weight is 374 g/mol. The molecule has 2 atom stereocenters. The Hall–Kier alpha value is -2.18. The summed E-state index contributed by atoms with van der Waals surface area (Å²) >= 11 is 0. The maximum absolute atomic E-state index is 12.3. The van der Waals surface area contributed by atoms with Crippen molar-refractivity contribution in [2.45, 2.75) is 51.2 Å². The Morgan fingerprint density at radius 3 is 2.48 bits per heavy atom. The van der Waals surface area contributed by atoms with Crippen molar-refractivity contribution in [3.05, 3.63) is 41.5 Å². The molecule has 1 fully saturated rings. The van der Waals surface area contributed by atoms with Crippen molar-refractivity contribution in [1.82, 2.24) is 5.32 Å². The molecule has 0 bridgehead atoms. The predicted octanol–water partition coefficient (Wildman–Crippen LogP) is 2.29. The van der Waals surface area contributed by atoms with E-state index in [9.17, 15) is 9.59 Å². The molecule has 3 N–H and O–H groups in total. The topological polar surface area (TPSA) is 94.0 Å². The van der Waals surface area contributed by atoms with Gasteiger partial charge in [0.25, 0.3) is 0 Å². The van der Waals surface area contributed by atoms with E-state index in [1.807, 2.05) is 24.3 Å². The molecular formula is C21H30N2O4. The highest BCUT2D eigenvalue weighted by molar-refractivity contribution is 5.96. The summed E-state index contributed by atoms with van der Waals surface area (Å²) in [6.45, 7) is 4.17. The van der Waals surface area contributed by atoms with Crippen LogP contribution in [0.1, 0.15) is 38.2 Å². The summed E-state index contributed by atoms with van der Waals surface area (Å²) < 4.78 is 10.1. The van der Waals surface area contributed by atoms with Crippen LogP contribution in [-0.2, 0) is 14.3 Å². The van der Waals surface area contributed by atoms with Gasteiger partial charge >= 0.3 is 0 Å². The van der Waals surface area contributed by atoms with Crippen LogP contribution in [0.5, 0.6) is 5.75 Å². The molecular weight excluding hydrogens is 344 g/mol. The largest absolute Gasteiger partial charge is 0.497 e. The Balaban J connectivity index is 0.000000244. The summed E-state index contributed by atoms with van der Waals surface area (Å²) in [5.41, 5.74) is 7.09. The fraction of sp³-hybridized carbons (Fsp3) is 0.524. The molecule has 1 aromatic rings. The van der Waals surface area contributed by atoms with Crippen LogP contribution in [-0.4, -0.2) is 43.6 Å². The van der Waals surface area contributed by atoms with E-state index in [0.29, 0.717) is 13.0 Å². The van der Waals surface area contributed by atoms with E-state index < -0.39 is 11.6 Å². The van der Waals surface area contributed by atoms with E-state index in [2.05, 4.69) is 18.3 Å². The minimum absolute atomic E-state index is 0.0444. The standard InChI is InChI=1S/C13H20N2O3.C8H10O/c1-13(8-18-13)12(17)10(15-11(16)7-14)6-9-4-2-3-5-9;1-7-3-5-8(9-2)6-4-7/h4,10H,2-3,5-8,14H2,1H3,(H,15,16);3-6H,1-2H3. The van der Waals surface area contributed by atoms with E-state index in [-0.39, 0.29) is 18.2 Å². The Bertz CT molecular complexity index is 678. The Morgan fingerprint density at radius 2 is 2.00 bits per heavy atom. The highest BCUT2D eigenvalue weighted by atomic mass is 16.6. The Kier molecular flexibility index (Phi) is 7.56. The predicted molar refractivity (Wildman–Crippen MR) is 105 cm³/mol. The van der Waals surface area contributed by atoms with Crippen LogP contribution in [0, 0.1) is 6.92 Å². The number of hydrogen-bond donors (Lipinski definition) is 2. The number of ketones is 1. The number of amides is 1. The summed E-state index contributed by atoms with van der Waals surface area (Å²) in [6.07, 6.45) is 5.96. The maximum atomic E-state index is 12.3. The van der Waals surface area contributed by atoms with E-state index in [1.165, 1.54) is 11.1 Å². The second-order valence-corrected chi connectivity index (χ2v) is 7.18. The van der Waals surface area contributed by atoms with Crippen molar-refractivity contribution in [3.8, 4) is 5.75 Å². The van der Waals surface area contributed by atoms with E-state index >= 15 is 0 Å². The van der Waals surface area contributed by atoms with Crippen LogP contribution < -0.4 is 15.8 Å². The summed E-state index contributed by atoms with van der Waals surface area (Å²) in [4.78, 5) is 23.7. The zero-order chi connectivity index (χ0) is 19.9. The van der Waals surface area contributed by atoms with Gasteiger partial charge in [-0.1, -0.05) is 29.3 Å². The minimum Gasteiger partial charge on any atom is -0.497 e. The van der Waals surface area contributed by atoms with Crippen molar-refractivity contribution in [2.75, 3.05) is 20.3 Å². The Morgan fingerprint density at radius 1 is 1.33 bits per heavy atom. The summed E-state index contributed by atoms with van der Waals surface area (Å²) in [5, 5.41) is 2.71. The number of hydrogen-bond acceptors (Lipinski definition) is 5. The van der Waals surface area contributed by atoms with Crippen molar-refractivity contribution < 1.29 is 19.1 Å². The number of methoxy groups -OCH3 is 1. The lowest BCUT2D eigenvalue weighted by Crippen LogP contribution is -2.48. The van der Waals surface area contributed by atoms with Crippen LogP contribution in [0.3, 0.4) is 0 Å². The van der Waals surface area contributed by atoms with Crippen molar-refractivity contribution in [1.29, 1.82) is 0 Å². The fourth-order valence-corrected chi connectivity index (χ4v) is 2.94. The second kappa shape index (κ2) is 9.67. The molecule has 1 aliphatic carbocycles.